The number of allylic oxidation sites excluding steroid dienone is 1. The average Bonchev–Trinajstić information content (AvgIpc) is 3.06. The molecule has 8 nitrogen and oxygen atoms in total. The third-order valence-corrected chi connectivity index (χ3v) is 5.91. The van der Waals surface area contributed by atoms with Gasteiger partial charge >= 0.3 is 0 Å². The van der Waals surface area contributed by atoms with Gasteiger partial charge in [-0.25, -0.2) is 0 Å². The second-order valence-corrected chi connectivity index (χ2v) is 7.76. The Bertz CT molecular complexity index is 1010. The highest BCUT2D eigenvalue weighted by molar-refractivity contribution is 6.15. The molecule has 0 radical (unpaired) electrons. The Morgan fingerprint density at radius 2 is 1.77 bits per heavy atom. The fourth-order valence-corrected chi connectivity index (χ4v) is 4.05. The van der Waals surface area contributed by atoms with Gasteiger partial charge in [0.2, 0.25) is 5.78 Å². The number of carbonyl (C=O) groups excluding carboxylic acids is 1. The van der Waals surface area contributed by atoms with Crippen LogP contribution in [0.4, 0.5) is 5.69 Å². The predicted octanol–water partition coefficient (Wildman–Crippen LogP) is 0.220. The van der Waals surface area contributed by atoms with Crippen LogP contribution in [0.2, 0.25) is 0 Å². The number of phenols is 1. The minimum atomic E-state index is -0.469. The second-order valence-electron chi connectivity index (χ2n) is 7.76. The Labute approximate surface area is 174 Å². The molecule has 2 aromatic rings. The topological polar surface area (TPSA) is 98.6 Å². The largest absolute Gasteiger partial charge is 0.507 e. The van der Waals surface area contributed by atoms with E-state index in [1.807, 2.05) is 0 Å². The highest BCUT2D eigenvalue weighted by atomic mass is 16.6. The van der Waals surface area contributed by atoms with E-state index in [0.29, 0.717) is 29.0 Å². The molecule has 2 heterocycles. The van der Waals surface area contributed by atoms with Crippen molar-refractivity contribution in [3.8, 4) is 11.5 Å². The quantitative estimate of drug-likeness (QED) is 0.372. The van der Waals surface area contributed by atoms with Crippen LogP contribution in [0.15, 0.2) is 42.2 Å². The molecule has 8 heteroatoms. The Morgan fingerprint density at radius 3 is 2.40 bits per heavy atom. The minimum absolute atomic E-state index is 0.0145. The lowest BCUT2D eigenvalue weighted by Crippen LogP contribution is -3.27. The molecule has 2 aromatic carbocycles. The zero-order valence-corrected chi connectivity index (χ0v) is 16.8. The first kappa shape index (κ1) is 20.1. The summed E-state index contributed by atoms with van der Waals surface area (Å²) >= 11 is 0. The molecule has 0 unspecified atom stereocenters. The molecule has 1 fully saturated rings. The number of fused-ring (bicyclic) bond motifs is 1. The maximum atomic E-state index is 12.8. The van der Waals surface area contributed by atoms with Crippen molar-refractivity contribution in [3.05, 3.63) is 69.0 Å². The summed E-state index contributed by atoms with van der Waals surface area (Å²) in [6.07, 6.45) is 1.57. The molecule has 0 aromatic heterocycles. The lowest BCUT2D eigenvalue weighted by molar-refractivity contribution is -1.02. The van der Waals surface area contributed by atoms with E-state index in [1.165, 1.54) is 17.0 Å². The molecule has 0 bridgehead atoms. The standard InChI is InChI=1S/C22H23N3O5/c1-2-23-9-11-24(12-10-23)14-18-19(26)8-7-17-21(27)20(30-22(17)18)13-15-3-5-16(6-4-15)25(28)29/h3-8,13,26H,2,9-12,14H2,1H3/p+2/b20-13+. The minimum Gasteiger partial charge on any atom is -0.507 e. The number of non-ortho nitro benzene ring substituents is 1. The van der Waals surface area contributed by atoms with Crippen LogP contribution in [0, 0.1) is 10.1 Å². The van der Waals surface area contributed by atoms with Crippen LogP contribution in [0.25, 0.3) is 6.08 Å². The number of piperazine rings is 1. The van der Waals surface area contributed by atoms with Crippen LogP contribution in [-0.4, -0.2) is 48.5 Å². The van der Waals surface area contributed by atoms with Gasteiger partial charge in [-0.1, -0.05) is 0 Å². The van der Waals surface area contributed by atoms with E-state index in [2.05, 4.69) is 6.92 Å². The molecule has 2 aliphatic rings. The van der Waals surface area contributed by atoms with E-state index in [1.54, 1.807) is 35.2 Å². The third-order valence-electron chi connectivity index (χ3n) is 5.91. The molecule has 3 N–H and O–H groups in total. The van der Waals surface area contributed by atoms with Gasteiger partial charge in [0.1, 0.15) is 38.5 Å². The number of hydrogen-bond acceptors (Lipinski definition) is 5. The summed E-state index contributed by atoms with van der Waals surface area (Å²) in [5.41, 5.74) is 1.71. The number of phenolic OH excluding ortho intramolecular Hbond substituents is 1. The number of Topliss-reactive ketones (excluding diaryl/α,β-unsaturated/α-hetero) is 1. The number of benzene rings is 2. The number of nitrogens with zero attached hydrogens (tertiary/aromatic N) is 1. The normalized spacial score (nSPS) is 22.0. The van der Waals surface area contributed by atoms with Gasteiger partial charge in [0.15, 0.2) is 11.5 Å². The van der Waals surface area contributed by atoms with Gasteiger partial charge in [0.05, 0.1) is 22.6 Å². The van der Waals surface area contributed by atoms with Crippen LogP contribution in [0.1, 0.15) is 28.4 Å². The van der Waals surface area contributed by atoms with E-state index < -0.39 is 4.92 Å². The molecule has 2 aliphatic heterocycles. The van der Waals surface area contributed by atoms with Crippen molar-refractivity contribution in [2.45, 2.75) is 13.5 Å². The van der Waals surface area contributed by atoms with Crippen molar-refractivity contribution < 1.29 is 29.4 Å². The number of rotatable bonds is 5. The molecule has 30 heavy (non-hydrogen) atoms. The van der Waals surface area contributed by atoms with E-state index >= 15 is 0 Å². The van der Waals surface area contributed by atoms with Crippen LogP contribution in [0.5, 0.6) is 11.5 Å². The number of hydrogen-bond donors (Lipinski definition) is 3. The van der Waals surface area contributed by atoms with Gasteiger partial charge < -0.3 is 19.6 Å². The lowest BCUT2D eigenvalue weighted by atomic mass is 10.0. The third kappa shape index (κ3) is 3.92. The van der Waals surface area contributed by atoms with E-state index in [0.717, 1.165) is 32.7 Å². The van der Waals surface area contributed by atoms with Crippen LogP contribution in [0.3, 0.4) is 0 Å². The number of nitro benzene ring substituents is 1. The smallest absolute Gasteiger partial charge is 0.269 e. The SMILES string of the molecule is CC[NH+]1CC[NH+](Cc2c(O)ccc3c2O/C(=C/c2ccc([N+](=O)[O-])cc2)C3=O)CC1. The van der Waals surface area contributed by atoms with Crippen molar-refractivity contribution >= 4 is 17.5 Å². The van der Waals surface area contributed by atoms with Gasteiger partial charge in [0.25, 0.3) is 5.69 Å². The Morgan fingerprint density at radius 1 is 1.10 bits per heavy atom. The molecule has 0 atom stereocenters. The van der Waals surface area contributed by atoms with Gasteiger partial charge in [-0.05, 0) is 42.8 Å². The summed E-state index contributed by atoms with van der Waals surface area (Å²) in [5.74, 6) is 0.461. The molecule has 0 spiro atoms. The number of ketones is 1. The Hall–Kier alpha value is -3.23. The number of nitrogens with one attached hydrogen (secondary N) is 2. The van der Waals surface area contributed by atoms with E-state index in [-0.39, 0.29) is 23.0 Å². The maximum Gasteiger partial charge on any atom is 0.269 e. The highest BCUT2D eigenvalue weighted by Crippen LogP contribution is 2.39. The number of quaternary nitrogens is 2. The van der Waals surface area contributed by atoms with Crippen molar-refractivity contribution in [2.75, 3.05) is 32.7 Å². The molecule has 0 amide bonds. The summed E-state index contributed by atoms with van der Waals surface area (Å²) in [7, 11) is 0. The van der Waals surface area contributed by atoms with Crippen LogP contribution >= 0.6 is 0 Å². The zero-order chi connectivity index (χ0) is 21.3. The monoisotopic (exact) mass is 411 g/mol. The van der Waals surface area contributed by atoms with Crippen molar-refractivity contribution in [1.29, 1.82) is 0 Å². The molecule has 1 saturated heterocycles. The first-order chi connectivity index (χ1) is 14.5. The molecule has 4 rings (SSSR count). The van der Waals surface area contributed by atoms with Crippen LogP contribution < -0.4 is 14.5 Å². The number of aromatic hydroxyl groups is 1. The van der Waals surface area contributed by atoms with Gasteiger partial charge in [-0.2, -0.15) is 0 Å². The molecule has 156 valence electrons. The molecular weight excluding hydrogens is 386 g/mol. The van der Waals surface area contributed by atoms with Crippen LogP contribution in [-0.2, 0) is 6.54 Å². The fourth-order valence-electron chi connectivity index (χ4n) is 4.05. The zero-order valence-electron chi connectivity index (χ0n) is 16.8. The summed E-state index contributed by atoms with van der Waals surface area (Å²) in [6, 6.07) is 9.06. The average molecular weight is 411 g/mol. The number of carbonyl (C=O) groups is 1. The predicted molar refractivity (Wildman–Crippen MR) is 110 cm³/mol. The summed E-state index contributed by atoms with van der Waals surface area (Å²) < 4.78 is 5.90. The first-order valence-corrected chi connectivity index (χ1v) is 10.2. The lowest BCUT2D eigenvalue weighted by Gasteiger charge is -2.29. The second kappa shape index (κ2) is 8.25. The van der Waals surface area contributed by atoms with Gasteiger partial charge in [0, 0.05) is 12.1 Å². The Kier molecular flexibility index (Phi) is 5.52. The van der Waals surface area contributed by atoms with Gasteiger partial charge in [-0.15, -0.1) is 0 Å². The van der Waals surface area contributed by atoms with E-state index in [9.17, 15) is 20.0 Å². The van der Waals surface area contributed by atoms with Gasteiger partial charge in [-0.3, -0.25) is 14.9 Å². The summed E-state index contributed by atoms with van der Waals surface area (Å²) in [6.45, 7) is 8.10. The fraction of sp³-hybridized carbons (Fsp3) is 0.318. The number of nitro groups is 1. The van der Waals surface area contributed by atoms with Crippen molar-refractivity contribution in [1.82, 2.24) is 0 Å². The van der Waals surface area contributed by atoms with Crippen molar-refractivity contribution in [3.63, 3.8) is 0 Å². The summed E-state index contributed by atoms with van der Waals surface area (Å²) in [5, 5.41) is 21.3. The van der Waals surface area contributed by atoms with Crippen molar-refractivity contribution in [2.24, 2.45) is 0 Å². The molecular formula is C22H25N3O5+2. The Balaban J connectivity index is 1.57. The summed E-state index contributed by atoms with van der Waals surface area (Å²) in [4.78, 5) is 26.1. The molecule has 0 aliphatic carbocycles. The maximum absolute atomic E-state index is 12.8. The molecule has 0 saturated carbocycles. The first-order valence-electron chi connectivity index (χ1n) is 10.2. The number of ether oxygens (including phenoxy) is 1. The number of likely N-dealkylation sites (N-methyl/N-ethyl adjacent to an activating group) is 1. The highest BCUT2D eigenvalue weighted by Gasteiger charge is 2.33. The van der Waals surface area contributed by atoms with E-state index in [4.69, 9.17) is 4.74 Å².